The van der Waals surface area contributed by atoms with E-state index < -0.39 is 18.7 Å². The van der Waals surface area contributed by atoms with Gasteiger partial charge in [0, 0.05) is 6.42 Å². The maximum absolute atomic E-state index is 11.4. The molecular weight excluding hydrogens is 161 g/mol. The molecule has 0 aliphatic carbocycles. The zero-order valence-corrected chi connectivity index (χ0v) is 5.77. The minimum absolute atomic E-state index is 0.122. The van der Waals surface area contributed by atoms with Gasteiger partial charge in [-0.3, -0.25) is 0 Å². The van der Waals surface area contributed by atoms with Gasteiger partial charge in [0.15, 0.2) is 0 Å². The number of carbonyl (C=O) groups is 1. The first kappa shape index (κ1) is 10.4. The van der Waals surface area contributed by atoms with Crippen LogP contribution in [-0.2, 0) is 4.79 Å². The molecule has 0 amide bonds. The van der Waals surface area contributed by atoms with Crippen LogP contribution in [0.3, 0.4) is 0 Å². The van der Waals surface area contributed by atoms with Crippen molar-refractivity contribution < 1.29 is 23.1 Å². The third-order valence-corrected chi connectivity index (χ3v) is 1.12. The Morgan fingerprint density at radius 3 is 2.36 bits per heavy atom. The number of halogens is 3. The molecule has 0 aromatic heterocycles. The molecule has 0 radical (unpaired) electrons. The highest BCUT2D eigenvalue weighted by atomic mass is 19.4. The van der Waals surface area contributed by atoms with Crippen LogP contribution < -0.4 is 0 Å². The summed E-state index contributed by atoms with van der Waals surface area (Å²) in [6.07, 6.45) is -6.49. The predicted molar refractivity (Wildman–Crippen MR) is 32.0 cm³/mol. The minimum Gasteiger partial charge on any atom is -0.386 e. The summed E-state index contributed by atoms with van der Waals surface area (Å²) >= 11 is 0. The van der Waals surface area contributed by atoms with Crippen LogP contribution in [0, 0.1) is 0 Å². The normalized spacial score (nSPS) is 14.5. The molecule has 1 unspecified atom stereocenters. The third kappa shape index (κ3) is 7.32. The van der Waals surface area contributed by atoms with E-state index in [1.165, 1.54) is 0 Å². The first-order valence-electron chi connectivity index (χ1n) is 3.16. The Bertz CT molecular complexity index is 121. The van der Waals surface area contributed by atoms with Crippen molar-refractivity contribution in [1.82, 2.24) is 0 Å². The average molecular weight is 170 g/mol. The van der Waals surface area contributed by atoms with Crippen molar-refractivity contribution in [2.45, 2.75) is 31.5 Å². The predicted octanol–water partition coefficient (Wildman–Crippen LogP) is 1.28. The molecule has 0 bridgehead atoms. The molecule has 66 valence electrons. The van der Waals surface area contributed by atoms with Crippen LogP contribution in [0.4, 0.5) is 13.2 Å². The minimum atomic E-state index is -4.19. The van der Waals surface area contributed by atoms with Crippen molar-refractivity contribution in [3.8, 4) is 0 Å². The van der Waals surface area contributed by atoms with Crippen molar-refractivity contribution in [3.05, 3.63) is 0 Å². The molecule has 0 aromatic carbocycles. The molecule has 0 saturated heterocycles. The number of carbonyl (C=O) groups excluding carboxylic acids is 1. The Hall–Kier alpha value is -0.580. The Morgan fingerprint density at radius 1 is 1.45 bits per heavy atom. The maximum Gasteiger partial charge on any atom is 0.389 e. The van der Waals surface area contributed by atoms with E-state index in [0.717, 1.165) is 0 Å². The van der Waals surface area contributed by atoms with Gasteiger partial charge in [0.05, 0.1) is 0 Å². The van der Waals surface area contributed by atoms with Gasteiger partial charge in [-0.1, -0.05) is 0 Å². The van der Waals surface area contributed by atoms with E-state index in [4.69, 9.17) is 5.11 Å². The summed E-state index contributed by atoms with van der Waals surface area (Å²) in [5, 5.41) is 8.52. The second-order valence-corrected chi connectivity index (χ2v) is 2.21. The van der Waals surface area contributed by atoms with E-state index in [1.54, 1.807) is 0 Å². The van der Waals surface area contributed by atoms with E-state index in [0.29, 0.717) is 0 Å². The number of alkyl halides is 3. The molecule has 0 fully saturated rings. The smallest absolute Gasteiger partial charge is 0.386 e. The average Bonchev–Trinajstić information content (AvgIpc) is 1.85. The molecule has 0 aliphatic heterocycles. The van der Waals surface area contributed by atoms with E-state index in [9.17, 15) is 18.0 Å². The van der Waals surface area contributed by atoms with Crippen LogP contribution in [-0.4, -0.2) is 23.7 Å². The van der Waals surface area contributed by atoms with Crippen LogP contribution in [0.5, 0.6) is 0 Å². The van der Waals surface area contributed by atoms with Crippen LogP contribution in [0.1, 0.15) is 19.3 Å². The summed E-state index contributed by atoms with van der Waals surface area (Å²) in [6.45, 7) is 0. The molecule has 2 nitrogen and oxygen atoms in total. The first-order valence-corrected chi connectivity index (χ1v) is 3.16. The van der Waals surface area contributed by atoms with Gasteiger partial charge in [-0.25, -0.2) is 0 Å². The summed E-state index contributed by atoms with van der Waals surface area (Å²) in [5.41, 5.74) is 0. The highest BCUT2D eigenvalue weighted by Gasteiger charge is 2.26. The first-order chi connectivity index (χ1) is 4.95. The molecule has 0 spiro atoms. The van der Waals surface area contributed by atoms with Crippen LogP contribution in [0.2, 0.25) is 0 Å². The number of aliphatic hydroxyl groups excluding tert-OH is 1. The lowest BCUT2D eigenvalue weighted by Crippen LogP contribution is -2.11. The van der Waals surface area contributed by atoms with Gasteiger partial charge in [0.1, 0.15) is 12.4 Å². The zero-order valence-electron chi connectivity index (χ0n) is 5.77. The SMILES string of the molecule is O=CC(O)CCCC(F)(F)F. The number of rotatable bonds is 4. The molecule has 0 aliphatic rings. The highest BCUT2D eigenvalue weighted by Crippen LogP contribution is 2.22. The second-order valence-electron chi connectivity index (χ2n) is 2.21. The fraction of sp³-hybridized carbons (Fsp3) is 0.833. The molecule has 0 saturated carbocycles. The van der Waals surface area contributed by atoms with Gasteiger partial charge in [-0.2, -0.15) is 13.2 Å². The van der Waals surface area contributed by atoms with Gasteiger partial charge in [-0.15, -0.1) is 0 Å². The van der Waals surface area contributed by atoms with E-state index in [2.05, 4.69) is 0 Å². The van der Waals surface area contributed by atoms with Crippen molar-refractivity contribution in [2.75, 3.05) is 0 Å². The molecule has 0 aromatic rings. The quantitative estimate of drug-likeness (QED) is 0.645. The summed E-state index contributed by atoms with van der Waals surface area (Å²) < 4.78 is 34.3. The molecule has 0 rings (SSSR count). The number of hydrogen-bond donors (Lipinski definition) is 1. The third-order valence-electron chi connectivity index (χ3n) is 1.12. The number of aldehydes is 1. The van der Waals surface area contributed by atoms with Crippen molar-refractivity contribution in [2.24, 2.45) is 0 Å². The van der Waals surface area contributed by atoms with Gasteiger partial charge in [0.2, 0.25) is 0 Å². The lowest BCUT2D eigenvalue weighted by molar-refractivity contribution is -0.137. The number of hydrogen-bond acceptors (Lipinski definition) is 2. The molecule has 11 heavy (non-hydrogen) atoms. The summed E-state index contributed by atoms with van der Waals surface area (Å²) in [5.74, 6) is 0. The van der Waals surface area contributed by atoms with Gasteiger partial charge < -0.3 is 9.90 Å². The van der Waals surface area contributed by atoms with Gasteiger partial charge >= 0.3 is 6.18 Å². The highest BCUT2D eigenvalue weighted by molar-refractivity contribution is 5.55. The van der Waals surface area contributed by atoms with Gasteiger partial charge in [-0.05, 0) is 12.8 Å². The molecular formula is C6H9F3O2. The Morgan fingerprint density at radius 2 is 2.00 bits per heavy atom. The fourth-order valence-corrected chi connectivity index (χ4v) is 0.580. The van der Waals surface area contributed by atoms with E-state index in [1.807, 2.05) is 0 Å². The largest absolute Gasteiger partial charge is 0.389 e. The van der Waals surface area contributed by atoms with E-state index in [-0.39, 0.29) is 19.1 Å². The van der Waals surface area contributed by atoms with Crippen LogP contribution in [0.25, 0.3) is 0 Å². The lowest BCUT2D eigenvalue weighted by atomic mass is 10.2. The van der Waals surface area contributed by atoms with Crippen LogP contribution >= 0.6 is 0 Å². The molecule has 1 N–H and O–H groups in total. The molecule has 0 heterocycles. The van der Waals surface area contributed by atoms with Gasteiger partial charge in [0.25, 0.3) is 0 Å². The van der Waals surface area contributed by atoms with Crippen LogP contribution in [0.15, 0.2) is 0 Å². The zero-order chi connectivity index (χ0) is 8.91. The Labute approximate surface area is 62.0 Å². The number of aliphatic hydroxyl groups is 1. The summed E-state index contributed by atoms with van der Waals surface area (Å²) in [4.78, 5) is 9.73. The fourth-order valence-electron chi connectivity index (χ4n) is 0.580. The molecule has 5 heteroatoms. The summed E-state index contributed by atoms with van der Waals surface area (Å²) in [7, 11) is 0. The summed E-state index contributed by atoms with van der Waals surface area (Å²) in [6, 6.07) is 0. The standard InChI is InChI=1S/C6H9F3O2/c7-6(8,9)3-1-2-5(11)4-10/h4-5,11H,1-3H2. The maximum atomic E-state index is 11.4. The van der Waals surface area contributed by atoms with Crippen molar-refractivity contribution in [1.29, 1.82) is 0 Å². The van der Waals surface area contributed by atoms with E-state index >= 15 is 0 Å². The molecule has 1 atom stereocenters. The monoisotopic (exact) mass is 170 g/mol. The Kier molecular flexibility index (Phi) is 4.10. The lowest BCUT2D eigenvalue weighted by Gasteiger charge is -2.05. The van der Waals surface area contributed by atoms with Crippen molar-refractivity contribution in [3.63, 3.8) is 0 Å². The topological polar surface area (TPSA) is 37.3 Å². The second kappa shape index (κ2) is 4.33. The van der Waals surface area contributed by atoms with Crippen molar-refractivity contribution >= 4 is 6.29 Å². The Balaban J connectivity index is 3.35.